The molecule has 0 radical (unpaired) electrons. The number of hydrogen-bond donors (Lipinski definition) is 0. The molecule has 4 nitrogen and oxygen atoms in total. The third-order valence-corrected chi connectivity index (χ3v) is 5.57. The molecule has 2 saturated heterocycles. The molecule has 2 unspecified atom stereocenters. The molecule has 3 heterocycles. The van der Waals surface area contributed by atoms with Crippen molar-refractivity contribution in [3.63, 3.8) is 0 Å². The van der Waals surface area contributed by atoms with Crippen LogP contribution in [0.2, 0.25) is 0 Å². The molecule has 1 aromatic rings. The largest absolute Gasteiger partial charge is 0.354 e. The van der Waals surface area contributed by atoms with E-state index in [1.807, 2.05) is 0 Å². The number of aromatic nitrogens is 2. The Balaban J connectivity index is 1.27. The average Bonchev–Trinajstić information content (AvgIpc) is 3.37. The number of nitrogens with zero attached hydrogens (tertiary/aromatic N) is 4. The Bertz CT molecular complexity index is 492. The van der Waals surface area contributed by atoms with Gasteiger partial charge in [-0.05, 0) is 49.7 Å². The fourth-order valence-corrected chi connectivity index (χ4v) is 4.06. The lowest BCUT2D eigenvalue weighted by Crippen LogP contribution is -2.30. The smallest absolute Gasteiger partial charge is 0.151 e. The summed E-state index contributed by atoms with van der Waals surface area (Å²) in [5.74, 6) is 3.53. The maximum Gasteiger partial charge on any atom is 0.151 e. The number of hydrogen-bond acceptors (Lipinski definition) is 4. The van der Waals surface area contributed by atoms with Crippen molar-refractivity contribution in [3.05, 3.63) is 17.8 Å². The summed E-state index contributed by atoms with van der Waals surface area (Å²) in [6.07, 6.45) is 5.49. The van der Waals surface area contributed by atoms with E-state index in [-0.39, 0.29) is 0 Å². The van der Waals surface area contributed by atoms with Crippen molar-refractivity contribution in [3.8, 4) is 0 Å². The Morgan fingerprint density at radius 2 is 1.60 bits per heavy atom. The zero-order valence-electron chi connectivity index (χ0n) is 11.9. The highest BCUT2D eigenvalue weighted by atomic mass is 15.3. The van der Waals surface area contributed by atoms with Gasteiger partial charge in [0, 0.05) is 38.1 Å². The summed E-state index contributed by atoms with van der Waals surface area (Å²) in [6, 6.07) is 5.33. The first-order valence-electron chi connectivity index (χ1n) is 8.19. The molecule has 4 fully saturated rings. The molecule has 20 heavy (non-hydrogen) atoms. The van der Waals surface area contributed by atoms with Gasteiger partial charge in [0.05, 0.1) is 5.69 Å². The maximum absolute atomic E-state index is 4.48. The zero-order valence-corrected chi connectivity index (χ0v) is 11.9. The summed E-state index contributed by atoms with van der Waals surface area (Å²) >= 11 is 0. The number of rotatable bonds is 3. The van der Waals surface area contributed by atoms with Crippen LogP contribution in [0.5, 0.6) is 0 Å². The fourth-order valence-electron chi connectivity index (χ4n) is 4.06. The van der Waals surface area contributed by atoms with Crippen LogP contribution in [0.1, 0.15) is 37.3 Å². The molecule has 1 aromatic heterocycles. The lowest BCUT2D eigenvalue weighted by Gasteiger charge is -2.21. The zero-order chi connectivity index (χ0) is 13.1. The van der Waals surface area contributed by atoms with Crippen molar-refractivity contribution in [1.82, 2.24) is 15.1 Å². The van der Waals surface area contributed by atoms with Crippen molar-refractivity contribution in [2.75, 3.05) is 31.1 Å². The molecule has 0 spiro atoms. The van der Waals surface area contributed by atoms with Gasteiger partial charge >= 0.3 is 0 Å². The SMILES string of the molecule is c1cc(N2CC3CN(C4CC4)CC3C2)nnc1C1CC1. The van der Waals surface area contributed by atoms with Crippen LogP contribution in [0.15, 0.2) is 12.1 Å². The molecule has 4 heteroatoms. The second-order valence-corrected chi connectivity index (χ2v) is 7.20. The number of anilines is 1. The van der Waals surface area contributed by atoms with Crippen LogP contribution in [0, 0.1) is 11.8 Å². The van der Waals surface area contributed by atoms with E-state index in [4.69, 9.17) is 0 Å². The van der Waals surface area contributed by atoms with Gasteiger partial charge < -0.3 is 4.90 Å². The van der Waals surface area contributed by atoms with E-state index in [0.29, 0.717) is 5.92 Å². The van der Waals surface area contributed by atoms with E-state index < -0.39 is 0 Å². The molecular weight excluding hydrogens is 248 g/mol. The van der Waals surface area contributed by atoms with E-state index in [9.17, 15) is 0 Å². The van der Waals surface area contributed by atoms with Gasteiger partial charge in [0.1, 0.15) is 0 Å². The van der Waals surface area contributed by atoms with E-state index >= 15 is 0 Å². The first-order chi connectivity index (χ1) is 9.87. The van der Waals surface area contributed by atoms with Gasteiger partial charge in [0.25, 0.3) is 0 Å². The van der Waals surface area contributed by atoms with Gasteiger partial charge in [-0.1, -0.05) is 0 Å². The van der Waals surface area contributed by atoms with Gasteiger partial charge in [0.15, 0.2) is 5.82 Å². The molecule has 0 bridgehead atoms. The highest BCUT2D eigenvalue weighted by molar-refractivity contribution is 5.40. The lowest BCUT2D eigenvalue weighted by molar-refractivity contribution is 0.306. The fraction of sp³-hybridized carbons (Fsp3) is 0.750. The van der Waals surface area contributed by atoms with Crippen LogP contribution < -0.4 is 4.90 Å². The van der Waals surface area contributed by atoms with Crippen molar-refractivity contribution in [2.45, 2.75) is 37.6 Å². The van der Waals surface area contributed by atoms with E-state index in [2.05, 4.69) is 32.1 Å². The van der Waals surface area contributed by atoms with Gasteiger partial charge in [0.2, 0.25) is 0 Å². The molecular formula is C16H22N4. The van der Waals surface area contributed by atoms with Gasteiger partial charge in [-0.15, -0.1) is 5.10 Å². The van der Waals surface area contributed by atoms with Crippen LogP contribution in [-0.4, -0.2) is 47.3 Å². The summed E-state index contributed by atoms with van der Waals surface area (Å²) < 4.78 is 0. The topological polar surface area (TPSA) is 32.3 Å². The van der Waals surface area contributed by atoms with Gasteiger partial charge in [-0.2, -0.15) is 5.10 Å². The highest BCUT2D eigenvalue weighted by Gasteiger charge is 2.44. The summed E-state index contributed by atoms with van der Waals surface area (Å²) in [6.45, 7) is 5.01. The van der Waals surface area contributed by atoms with Gasteiger partial charge in [-0.25, -0.2) is 0 Å². The van der Waals surface area contributed by atoms with E-state index in [0.717, 1.165) is 23.7 Å². The molecule has 0 N–H and O–H groups in total. The van der Waals surface area contributed by atoms with Crippen LogP contribution >= 0.6 is 0 Å². The molecule has 4 aliphatic rings. The molecule has 2 saturated carbocycles. The van der Waals surface area contributed by atoms with Crippen LogP contribution in [0.4, 0.5) is 5.82 Å². The summed E-state index contributed by atoms with van der Waals surface area (Å²) in [4.78, 5) is 5.19. The number of fused-ring (bicyclic) bond motifs is 1. The lowest BCUT2D eigenvalue weighted by atomic mass is 10.0. The Kier molecular flexibility index (Phi) is 2.40. The monoisotopic (exact) mass is 270 g/mol. The minimum absolute atomic E-state index is 0.710. The Morgan fingerprint density at radius 1 is 0.850 bits per heavy atom. The third kappa shape index (κ3) is 1.93. The van der Waals surface area contributed by atoms with Crippen LogP contribution in [0.3, 0.4) is 0 Å². The normalized spacial score (nSPS) is 33.7. The number of likely N-dealkylation sites (tertiary alicyclic amines) is 1. The van der Waals surface area contributed by atoms with Gasteiger partial charge in [-0.3, -0.25) is 4.90 Å². The van der Waals surface area contributed by atoms with Crippen molar-refractivity contribution >= 4 is 5.82 Å². The van der Waals surface area contributed by atoms with Crippen molar-refractivity contribution in [2.24, 2.45) is 11.8 Å². The summed E-state index contributed by atoms with van der Waals surface area (Å²) in [7, 11) is 0. The Hall–Kier alpha value is -1.16. The Labute approximate surface area is 120 Å². The standard InChI is InChI=1S/C16H22N4/c1-2-11(1)15-5-6-16(18-17-15)20-9-12-7-19(14-3-4-14)8-13(12)10-20/h5-6,11-14H,1-4,7-10H2. The van der Waals surface area contributed by atoms with Crippen LogP contribution in [-0.2, 0) is 0 Å². The second kappa shape index (κ2) is 4.17. The third-order valence-electron chi connectivity index (χ3n) is 5.57. The first-order valence-corrected chi connectivity index (χ1v) is 8.19. The van der Waals surface area contributed by atoms with Crippen LogP contribution in [0.25, 0.3) is 0 Å². The minimum Gasteiger partial charge on any atom is -0.354 e. The van der Waals surface area contributed by atoms with Crippen molar-refractivity contribution < 1.29 is 0 Å². The predicted octanol–water partition coefficient (Wildman–Crippen LogP) is 1.88. The summed E-state index contributed by atoms with van der Waals surface area (Å²) in [5.41, 5.74) is 1.20. The predicted molar refractivity (Wildman–Crippen MR) is 77.8 cm³/mol. The van der Waals surface area contributed by atoms with E-state index in [1.54, 1.807) is 0 Å². The minimum atomic E-state index is 0.710. The molecule has 5 rings (SSSR count). The molecule has 0 aromatic carbocycles. The average molecular weight is 270 g/mol. The Morgan fingerprint density at radius 3 is 2.15 bits per heavy atom. The summed E-state index contributed by atoms with van der Waals surface area (Å²) in [5, 5.41) is 8.91. The molecule has 2 aliphatic heterocycles. The first kappa shape index (κ1) is 11.5. The highest BCUT2D eigenvalue weighted by Crippen LogP contribution is 2.40. The quantitative estimate of drug-likeness (QED) is 0.839. The van der Waals surface area contributed by atoms with E-state index in [1.165, 1.54) is 57.6 Å². The second-order valence-electron chi connectivity index (χ2n) is 7.20. The van der Waals surface area contributed by atoms with Crippen molar-refractivity contribution in [1.29, 1.82) is 0 Å². The molecule has 2 aliphatic carbocycles. The molecule has 0 amide bonds. The molecule has 106 valence electrons. The maximum atomic E-state index is 4.48. The molecule has 2 atom stereocenters.